The van der Waals surface area contributed by atoms with Gasteiger partial charge < -0.3 is 9.80 Å². The smallest absolute Gasteiger partial charge is 0.260 e. The van der Waals surface area contributed by atoms with E-state index in [9.17, 15) is 4.79 Å². The molecular formula is C14H13N3OS. The van der Waals surface area contributed by atoms with Crippen molar-refractivity contribution in [3.8, 4) is 6.07 Å². The Morgan fingerprint density at radius 2 is 1.84 bits per heavy atom. The first-order valence-electron chi connectivity index (χ1n) is 5.72. The van der Waals surface area contributed by atoms with E-state index in [1.807, 2.05) is 49.3 Å². The first-order valence-corrected chi connectivity index (χ1v) is 6.12. The van der Waals surface area contributed by atoms with Crippen molar-refractivity contribution in [2.45, 2.75) is 0 Å². The lowest BCUT2D eigenvalue weighted by molar-refractivity contribution is -0.120. The molecule has 0 unspecified atom stereocenters. The van der Waals surface area contributed by atoms with E-state index < -0.39 is 0 Å². The Morgan fingerprint density at radius 1 is 1.26 bits per heavy atom. The fraction of sp³-hybridized carbons (Fsp3) is 0.214. The maximum atomic E-state index is 12.1. The Hall–Kier alpha value is -2.19. The maximum absolute atomic E-state index is 12.1. The second-order valence-electron chi connectivity index (χ2n) is 4.47. The van der Waals surface area contributed by atoms with Gasteiger partial charge in [0.05, 0.1) is 5.57 Å². The van der Waals surface area contributed by atoms with Crippen molar-refractivity contribution in [1.82, 2.24) is 4.90 Å². The summed E-state index contributed by atoms with van der Waals surface area (Å²) in [6.07, 6.45) is 0. The van der Waals surface area contributed by atoms with Gasteiger partial charge in [-0.2, -0.15) is 5.26 Å². The Balaban J connectivity index is 2.51. The van der Waals surface area contributed by atoms with Gasteiger partial charge in [0.15, 0.2) is 0 Å². The standard InChI is InChI=1S/C14H13N3OS/c1-16(2)10-6-4-9(5-7-10)12-11(8-15)14(19)17(3)13(12)18/h4-7H,1-3H3. The van der Waals surface area contributed by atoms with Gasteiger partial charge in [-0.3, -0.25) is 4.79 Å². The van der Waals surface area contributed by atoms with Crippen molar-refractivity contribution in [3.63, 3.8) is 0 Å². The van der Waals surface area contributed by atoms with Crippen LogP contribution in [0.3, 0.4) is 0 Å². The lowest BCUT2D eigenvalue weighted by Crippen LogP contribution is -2.25. The zero-order chi connectivity index (χ0) is 14.2. The zero-order valence-electron chi connectivity index (χ0n) is 11.0. The van der Waals surface area contributed by atoms with Crippen LogP contribution in [0.2, 0.25) is 0 Å². The van der Waals surface area contributed by atoms with Crippen LogP contribution in [0.15, 0.2) is 29.8 Å². The van der Waals surface area contributed by atoms with Crippen LogP contribution in [0.1, 0.15) is 5.56 Å². The third-order valence-corrected chi connectivity index (χ3v) is 3.55. The molecule has 4 nitrogen and oxygen atoms in total. The number of anilines is 1. The van der Waals surface area contributed by atoms with Crippen LogP contribution >= 0.6 is 12.2 Å². The number of nitrogens with zero attached hydrogens (tertiary/aromatic N) is 3. The second kappa shape index (κ2) is 4.82. The highest BCUT2D eigenvalue weighted by molar-refractivity contribution is 7.80. The molecule has 0 bridgehead atoms. The fourth-order valence-corrected chi connectivity index (χ4v) is 2.17. The molecule has 0 atom stereocenters. The topological polar surface area (TPSA) is 47.3 Å². The van der Waals surface area contributed by atoms with Crippen molar-refractivity contribution < 1.29 is 4.79 Å². The minimum atomic E-state index is -0.223. The van der Waals surface area contributed by atoms with Crippen LogP contribution in [0, 0.1) is 11.3 Å². The highest BCUT2D eigenvalue weighted by atomic mass is 32.1. The Labute approximate surface area is 117 Å². The summed E-state index contributed by atoms with van der Waals surface area (Å²) in [5, 5.41) is 9.16. The van der Waals surface area contributed by atoms with E-state index in [2.05, 4.69) is 0 Å². The molecule has 96 valence electrons. The molecule has 1 aliphatic heterocycles. The van der Waals surface area contributed by atoms with Gasteiger partial charge in [-0.1, -0.05) is 24.4 Å². The highest BCUT2D eigenvalue weighted by Gasteiger charge is 2.33. The van der Waals surface area contributed by atoms with E-state index in [-0.39, 0.29) is 11.5 Å². The minimum Gasteiger partial charge on any atom is -0.378 e. The van der Waals surface area contributed by atoms with Gasteiger partial charge in [0.2, 0.25) is 0 Å². The van der Waals surface area contributed by atoms with Gasteiger partial charge >= 0.3 is 0 Å². The van der Waals surface area contributed by atoms with Crippen molar-refractivity contribution in [1.29, 1.82) is 5.26 Å². The number of carbonyl (C=O) groups is 1. The number of nitriles is 1. The van der Waals surface area contributed by atoms with Crippen molar-refractivity contribution in [2.75, 3.05) is 26.0 Å². The lowest BCUT2D eigenvalue weighted by Gasteiger charge is -2.13. The van der Waals surface area contributed by atoms with Crippen LogP contribution in [0.25, 0.3) is 5.57 Å². The van der Waals surface area contributed by atoms with Gasteiger partial charge in [-0.05, 0) is 17.7 Å². The molecule has 1 aliphatic rings. The molecule has 0 fully saturated rings. The number of amides is 1. The quantitative estimate of drug-likeness (QED) is 0.770. The number of rotatable bonds is 2. The number of benzene rings is 1. The summed E-state index contributed by atoms with van der Waals surface area (Å²) in [6.45, 7) is 0. The van der Waals surface area contributed by atoms with E-state index in [1.165, 1.54) is 4.90 Å². The van der Waals surface area contributed by atoms with Crippen molar-refractivity contribution >= 4 is 34.4 Å². The first-order chi connectivity index (χ1) is 8.97. The van der Waals surface area contributed by atoms with Gasteiger partial charge in [0.25, 0.3) is 5.91 Å². The molecule has 19 heavy (non-hydrogen) atoms. The third-order valence-electron chi connectivity index (χ3n) is 3.07. The van der Waals surface area contributed by atoms with Crippen LogP contribution in [-0.2, 0) is 4.79 Å². The Kier molecular flexibility index (Phi) is 3.36. The van der Waals surface area contributed by atoms with E-state index >= 15 is 0 Å². The summed E-state index contributed by atoms with van der Waals surface area (Å²) < 4.78 is 0. The molecule has 5 heteroatoms. The predicted octanol–water partition coefficient (Wildman–Crippen LogP) is 1.83. The molecule has 0 spiro atoms. The predicted molar refractivity (Wildman–Crippen MR) is 78.7 cm³/mol. The molecule has 1 aromatic rings. The Morgan fingerprint density at radius 3 is 2.32 bits per heavy atom. The molecule has 0 aliphatic carbocycles. The summed E-state index contributed by atoms with van der Waals surface area (Å²) >= 11 is 5.10. The molecule has 2 rings (SSSR count). The van der Waals surface area contributed by atoms with Crippen molar-refractivity contribution in [3.05, 3.63) is 35.4 Å². The molecule has 0 N–H and O–H groups in total. The summed E-state index contributed by atoms with van der Waals surface area (Å²) in [5.41, 5.74) is 2.42. The van der Waals surface area contributed by atoms with E-state index in [4.69, 9.17) is 17.5 Å². The number of hydrogen-bond acceptors (Lipinski definition) is 4. The first kappa shape index (κ1) is 13.2. The lowest BCUT2D eigenvalue weighted by atomic mass is 10.0. The largest absolute Gasteiger partial charge is 0.378 e. The summed E-state index contributed by atoms with van der Waals surface area (Å²) in [5.74, 6) is -0.223. The van der Waals surface area contributed by atoms with Gasteiger partial charge in [-0.15, -0.1) is 0 Å². The highest BCUT2D eigenvalue weighted by Crippen LogP contribution is 2.29. The molecule has 1 heterocycles. The molecule has 1 amide bonds. The van der Waals surface area contributed by atoms with Crippen LogP contribution in [0.5, 0.6) is 0 Å². The van der Waals surface area contributed by atoms with E-state index in [0.717, 1.165) is 11.3 Å². The number of likely N-dealkylation sites (N-methyl/N-ethyl adjacent to an activating group) is 1. The van der Waals surface area contributed by atoms with E-state index in [1.54, 1.807) is 7.05 Å². The summed E-state index contributed by atoms with van der Waals surface area (Å²) in [7, 11) is 5.47. The maximum Gasteiger partial charge on any atom is 0.260 e. The molecule has 0 aromatic heterocycles. The normalized spacial score (nSPS) is 14.9. The molecule has 0 saturated carbocycles. The van der Waals surface area contributed by atoms with Gasteiger partial charge in [-0.25, -0.2) is 0 Å². The Bertz CT molecular complexity index is 623. The number of hydrogen-bond donors (Lipinski definition) is 0. The van der Waals surface area contributed by atoms with Gasteiger partial charge in [0, 0.05) is 26.8 Å². The van der Waals surface area contributed by atoms with E-state index in [0.29, 0.717) is 10.6 Å². The SMILES string of the molecule is CN1C(=O)C(c2ccc(N(C)C)cc2)=C(C#N)C1=S. The second-order valence-corrected chi connectivity index (χ2v) is 4.86. The molecular weight excluding hydrogens is 258 g/mol. The molecule has 0 saturated heterocycles. The van der Waals surface area contributed by atoms with Crippen molar-refractivity contribution in [2.24, 2.45) is 0 Å². The average Bonchev–Trinajstić information content (AvgIpc) is 2.62. The number of carbonyl (C=O) groups excluding carboxylic acids is 1. The average molecular weight is 271 g/mol. The zero-order valence-corrected chi connectivity index (χ0v) is 11.8. The van der Waals surface area contributed by atoms with Crippen LogP contribution in [-0.4, -0.2) is 36.9 Å². The minimum absolute atomic E-state index is 0.223. The van der Waals surface area contributed by atoms with Gasteiger partial charge in [0.1, 0.15) is 16.6 Å². The molecule has 0 radical (unpaired) electrons. The van der Waals surface area contributed by atoms with Crippen LogP contribution in [0.4, 0.5) is 5.69 Å². The molecule has 1 aromatic carbocycles. The third kappa shape index (κ3) is 2.11. The summed E-state index contributed by atoms with van der Waals surface area (Å²) in [4.78, 5) is 15.7. The summed E-state index contributed by atoms with van der Waals surface area (Å²) in [6, 6.07) is 9.51. The monoisotopic (exact) mass is 271 g/mol. The number of thiocarbonyl (C=S) groups is 1. The fourth-order valence-electron chi connectivity index (χ4n) is 1.94. The van der Waals surface area contributed by atoms with Crippen LogP contribution < -0.4 is 4.90 Å².